The van der Waals surface area contributed by atoms with E-state index < -0.39 is 0 Å². The molecular formula is C11H14. The van der Waals surface area contributed by atoms with Crippen LogP contribution in [0.2, 0.25) is 0 Å². The van der Waals surface area contributed by atoms with Crippen molar-refractivity contribution in [3.05, 3.63) is 49.2 Å². The fraction of sp³-hybridized carbons (Fsp3) is 0.273. The van der Waals surface area contributed by atoms with Crippen molar-refractivity contribution in [2.45, 2.75) is 13.3 Å². The topological polar surface area (TPSA) is 0 Å². The van der Waals surface area contributed by atoms with E-state index in [2.05, 4.69) is 44.5 Å². The first-order valence-corrected chi connectivity index (χ1v) is 3.99. The molecule has 0 saturated heterocycles. The molecule has 1 unspecified atom stereocenters. The first-order chi connectivity index (χ1) is 5.29. The lowest BCUT2D eigenvalue weighted by atomic mass is 10.0. The van der Waals surface area contributed by atoms with Crippen LogP contribution in [0.3, 0.4) is 0 Å². The van der Waals surface area contributed by atoms with Crippen LogP contribution in [0, 0.1) is 19.3 Å². The Balaban J connectivity index is 2.39. The maximum atomic E-state index is 3.90. The molecule has 58 valence electrons. The van der Waals surface area contributed by atoms with Gasteiger partial charge in [0.05, 0.1) is 0 Å². The molecule has 0 aliphatic rings. The first kappa shape index (κ1) is 8.32. The summed E-state index contributed by atoms with van der Waals surface area (Å²) in [6.07, 6.45) is 3.25. The zero-order chi connectivity index (χ0) is 8.10. The largest absolute Gasteiger partial charge is 0.0622 e. The minimum atomic E-state index is 0.440. The van der Waals surface area contributed by atoms with Gasteiger partial charge in [-0.15, -0.1) is 0 Å². The Morgan fingerprint density at radius 2 is 2.00 bits per heavy atom. The van der Waals surface area contributed by atoms with Gasteiger partial charge in [-0.2, -0.15) is 0 Å². The van der Waals surface area contributed by atoms with Crippen molar-refractivity contribution >= 4 is 0 Å². The molecule has 0 bridgehead atoms. The van der Waals surface area contributed by atoms with Gasteiger partial charge in [0.2, 0.25) is 0 Å². The molecule has 1 aromatic rings. The van der Waals surface area contributed by atoms with Gasteiger partial charge in [0.25, 0.3) is 0 Å². The highest BCUT2D eigenvalue weighted by Crippen LogP contribution is 2.06. The molecule has 0 fully saturated rings. The van der Waals surface area contributed by atoms with E-state index in [0.717, 1.165) is 6.42 Å². The van der Waals surface area contributed by atoms with Gasteiger partial charge in [0.15, 0.2) is 0 Å². The average molecular weight is 146 g/mol. The van der Waals surface area contributed by atoms with Crippen molar-refractivity contribution in [1.82, 2.24) is 0 Å². The monoisotopic (exact) mass is 146 g/mol. The van der Waals surface area contributed by atoms with Crippen LogP contribution in [0.15, 0.2) is 30.3 Å². The van der Waals surface area contributed by atoms with Crippen LogP contribution < -0.4 is 0 Å². The normalized spacial score (nSPS) is 10.5. The summed E-state index contributed by atoms with van der Waals surface area (Å²) in [5.74, 6) is 0.440. The Hall–Kier alpha value is -0.780. The van der Waals surface area contributed by atoms with Crippen LogP contribution in [0.4, 0.5) is 0 Å². The summed E-state index contributed by atoms with van der Waals surface area (Å²) in [4.78, 5) is 0. The van der Waals surface area contributed by atoms with Gasteiger partial charge in [0.1, 0.15) is 0 Å². The lowest BCUT2D eigenvalue weighted by molar-refractivity contribution is 0.809. The third-order valence-corrected chi connectivity index (χ3v) is 1.60. The van der Waals surface area contributed by atoms with Gasteiger partial charge in [-0.05, 0) is 24.3 Å². The smallest absolute Gasteiger partial charge is 0.0245 e. The number of rotatable bonds is 3. The lowest BCUT2D eigenvalue weighted by Crippen LogP contribution is -1.92. The molecule has 2 radical (unpaired) electrons. The first-order valence-electron chi connectivity index (χ1n) is 3.99. The zero-order valence-electron chi connectivity index (χ0n) is 6.96. The number of hydrogen-bond acceptors (Lipinski definition) is 0. The molecule has 0 nitrogen and oxygen atoms in total. The molecule has 11 heavy (non-hydrogen) atoms. The van der Waals surface area contributed by atoms with Crippen molar-refractivity contribution in [3.63, 3.8) is 0 Å². The van der Waals surface area contributed by atoms with Crippen molar-refractivity contribution in [2.24, 2.45) is 5.92 Å². The Morgan fingerprint density at radius 3 is 2.55 bits per heavy atom. The van der Waals surface area contributed by atoms with E-state index in [1.54, 1.807) is 0 Å². The second-order valence-corrected chi connectivity index (χ2v) is 2.90. The molecule has 0 aromatic heterocycles. The summed E-state index contributed by atoms with van der Waals surface area (Å²) >= 11 is 0. The zero-order valence-corrected chi connectivity index (χ0v) is 6.96. The van der Waals surface area contributed by atoms with Crippen molar-refractivity contribution in [3.8, 4) is 0 Å². The molecule has 0 saturated carbocycles. The van der Waals surface area contributed by atoms with Crippen LogP contribution in [0.5, 0.6) is 0 Å². The molecule has 1 rings (SSSR count). The summed E-state index contributed by atoms with van der Waals surface area (Å²) in [5.41, 5.74) is 1.36. The molecule has 1 aromatic carbocycles. The number of hydrogen-bond donors (Lipinski definition) is 0. The molecule has 0 aliphatic heterocycles. The predicted molar refractivity (Wildman–Crippen MR) is 49.0 cm³/mol. The fourth-order valence-electron chi connectivity index (χ4n) is 0.951. The molecule has 0 heteroatoms. The van der Waals surface area contributed by atoms with E-state index in [9.17, 15) is 0 Å². The summed E-state index contributed by atoms with van der Waals surface area (Å²) in [7, 11) is 0. The summed E-state index contributed by atoms with van der Waals surface area (Å²) < 4.78 is 0. The van der Waals surface area contributed by atoms with E-state index in [1.165, 1.54) is 5.56 Å². The van der Waals surface area contributed by atoms with Gasteiger partial charge >= 0.3 is 0 Å². The molecule has 0 spiro atoms. The van der Waals surface area contributed by atoms with Crippen LogP contribution in [0.1, 0.15) is 12.5 Å². The van der Waals surface area contributed by atoms with Crippen LogP contribution >= 0.6 is 0 Å². The van der Waals surface area contributed by atoms with Gasteiger partial charge in [-0.1, -0.05) is 44.2 Å². The van der Waals surface area contributed by atoms with Crippen LogP contribution in [0.25, 0.3) is 0 Å². The minimum absolute atomic E-state index is 0.440. The van der Waals surface area contributed by atoms with E-state index in [1.807, 2.05) is 6.07 Å². The quantitative estimate of drug-likeness (QED) is 0.615. The molecular weight excluding hydrogens is 132 g/mol. The Bertz CT molecular complexity index is 186. The standard InChI is InChI=1S/C11H14/c1-10(2)8-9-11-6-4-3-5-7-11/h3-8,10H,1,9H2,2H3. The van der Waals surface area contributed by atoms with Gasteiger partial charge in [-0.25, -0.2) is 0 Å². The van der Waals surface area contributed by atoms with Crippen molar-refractivity contribution in [2.75, 3.05) is 0 Å². The van der Waals surface area contributed by atoms with Gasteiger partial charge in [0, 0.05) is 0 Å². The summed E-state index contributed by atoms with van der Waals surface area (Å²) in [6.45, 7) is 6.00. The van der Waals surface area contributed by atoms with Crippen molar-refractivity contribution in [1.29, 1.82) is 0 Å². The SMILES string of the molecule is [CH2]C(C)[CH]Cc1ccccc1. The highest BCUT2D eigenvalue weighted by Gasteiger charge is 1.95. The Morgan fingerprint density at radius 1 is 1.36 bits per heavy atom. The molecule has 0 amide bonds. The molecule has 0 N–H and O–H groups in total. The third-order valence-electron chi connectivity index (χ3n) is 1.60. The predicted octanol–water partition coefficient (Wildman–Crippen LogP) is 2.90. The highest BCUT2D eigenvalue weighted by atomic mass is 14.0. The fourth-order valence-corrected chi connectivity index (χ4v) is 0.951. The Kier molecular flexibility index (Phi) is 3.15. The lowest BCUT2D eigenvalue weighted by Gasteiger charge is -2.02. The van der Waals surface area contributed by atoms with E-state index >= 15 is 0 Å². The maximum absolute atomic E-state index is 3.90. The second kappa shape index (κ2) is 4.17. The minimum Gasteiger partial charge on any atom is -0.0622 e. The van der Waals surface area contributed by atoms with E-state index in [0.29, 0.717) is 5.92 Å². The van der Waals surface area contributed by atoms with Gasteiger partial charge in [-0.3, -0.25) is 0 Å². The van der Waals surface area contributed by atoms with Crippen LogP contribution in [-0.4, -0.2) is 0 Å². The summed E-state index contributed by atoms with van der Waals surface area (Å²) in [6, 6.07) is 10.4. The maximum Gasteiger partial charge on any atom is -0.0245 e. The molecule has 1 atom stereocenters. The third kappa shape index (κ3) is 3.22. The van der Waals surface area contributed by atoms with E-state index in [-0.39, 0.29) is 0 Å². The van der Waals surface area contributed by atoms with Crippen molar-refractivity contribution < 1.29 is 0 Å². The van der Waals surface area contributed by atoms with Gasteiger partial charge < -0.3 is 0 Å². The molecule has 0 aliphatic carbocycles. The Labute approximate surface area is 69.3 Å². The summed E-state index contributed by atoms with van der Waals surface area (Å²) in [5, 5.41) is 0. The highest BCUT2D eigenvalue weighted by molar-refractivity contribution is 5.16. The van der Waals surface area contributed by atoms with E-state index in [4.69, 9.17) is 0 Å². The number of benzene rings is 1. The van der Waals surface area contributed by atoms with Crippen LogP contribution in [-0.2, 0) is 6.42 Å². The average Bonchev–Trinajstić information content (AvgIpc) is 2.03. The second-order valence-electron chi connectivity index (χ2n) is 2.90. The molecule has 0 heterocycles.